The van der Waals surface area contributed by atoms with E-state index in [0.29, 0.717) is 28.8 Å². The van der Waals surface area contributed by atoms with Crippen LogP contribution in [0.3, 0.4) is 0 Å². The zero-order chi connectivity index (χ0) is 25.7. The standard InChI is InChI=1S/C24H23ClN8O2S/c1-3-20-21(16-5-7-17(25)8-6-16)22(26)32-24(31-20)30-15(2)29-18-9-11-19(12-10-18)36(34,35)33-23-27-13-4-14-28-23/h4-14H,3H2,1-2H3,(H,27,28,33)(H3,26,29,30,31,32). The first-order chi connectivity index (χ1) is 17.2. The SMILES string of the molecule is CCc1nc(/N=C(\C)Nc2ccc(S(=O)(=O)Nc3ncccn3)cc2)nc(N)c1-c1ccc(Cl)cc1. The number of nitrogens with two attached hydrogens (primary N) is 1. The highest BCUT2D eigenvalue weighted by Crippen LogP contribution is 2.30. The van der Waals surface area contributed by atoms with Crippen molar-refractivity contribution in [2.75, 3.05) is 15.8 Å². The molecule has 0 aliphatic rings. The summed E-state index contributed by atoms with van der Waals surface area (Å²) >= 11 is 6.00. The van der Waals surface area contributed by atoms with Gasteiger partial charge in [0.1, 0.15) is 11.7 Å². The lowest BCUT2D eigenvalue weighted by molar-refractivity contribution is 0.601. The molecule has 0 aliphatic heterocycles. The van der Waals surface area contributed by atoms with Crippen molar-refractivity contribution in [3.05, 3.63) is 77.7 Å². The van der Waals surface area contributed by atoms with E-state index in [0.717, 1.165) is 16.8 Å². The molecular formula is C24H23ClN8O2S. The van der Waals surface area contributed by atoms with Gasteiger partial charge < -0.3 is 11.1 Å². The summed E-state index contributed by atoms with van der Waals surface area (Å²) in [7, 11) is -3.82. The van der Waals surface area contributed by atoms with Crippen LogP contribution in [0.5, 0.6) is 0 Å². The molecular weight excluding hydrogens is 500 g/mol. The van der Waals surface area contributed by atoms with Gasteiger partial charge in [0.2, 0.25) is 5.95 Å². The average Bonchev–Trinajstić information content (AvgIpc) is 2.85. The van der Waals surface area contributed by atoms with E-state index in [2.05, 4.69) is 35.0 Å². The fourth-order valence-corrected chi connectivity index (χ4v) is 4.47. The molecule has 0 saturated heterocycles. The molecule has 0 saturated carbocycles. The maximum absolute atomic E-state index is 12.5. The largest absolute Gasteiger partial charge is 0.383 e. The quantitative estimate of drug-likeness (QED) is 0.234. The molecule has 0 atom stereocenters. The second-order valence-corrected chi connectivity index (χ2v) is 9.73. The maximum Gasteiger partial charge on any atom is 0.264 e. The van der Waals surface area contributed by atoms with Crippen molar-refractivity contribution in [1.29, 1.82) is 0 Å². The topological polar surface area (TPSA) is 148 Å². The Labute approximate surface area is 213 Å². The maximum atomic E-state index is 12.5. The van der Waals surface area contributed by atoms with Crippen molar-refractivity contribution in [2.24, 2.45) is 4.99 Å². The number of aliphatic imine (C=N–C) groups is 1. The molecule has 4 N–H and O–H groups in total. The van der Waals surface area contributed by atoms with Gasteiger partial charge in [-0.3, -0.25) is 0 Å². The number of anilines is 3. The molecule has 36 heavy (non-hydrogen) atoms. The highest BCUT2D eigenvalue weighted by Gasteiger charge is 2.16. The Balaban J connectivity index is 1.51. The van der Waals surface area contributed by atoms with Gasteiger partial charge in [-0.15, -0.1) is 0 Å². The number of benzene rings is 2. The summed E-state index contributed by atoms with van der Waals surface area (Å²) < 4.78 is 27.4. The van der Waals surface area contributed by atoms with Crippen LogP contribution >= 0.6 is 11.6 Å². The van der Waals surface area contributed by atoms with Crippen LogP contribution < -0.4 is 15.8 Å². The molecule has 12 heteroatoms. The van der Waals surface area contributed by atoms with Gasteiger partial charge in [0, 0.05) is 28.7 Å². The monoisotopic (exact) mass is 522 g/mol. The first-order valence-electron chi connectivity index (χ1n) is 10.9. The number of rotatable bonds is 7. The third-order valence-electron chi connectivity index (χ3n) is 5.02. The number of halogens is 1. The predicted molar refractivity (Wildman–Crippen MR) is 142 cm³/mol. The smallest absolute Gasteiger partial charge is 0.264 e. The van der Waals surface area contributed by atoms with E-state index in [1.165, 1.54) is 24.5 Å². The first-order valence-corrected chi connectivity index (χ1v) is 12.8. The van der Waals surface area contributed by atoms with Gasteiger partial charge in [-0.05, 0) is 61.4 Å². The van der Waals surface area contributed by atoms with Crippen molar-refractivity contribution in [2.45, 2.75) is 25.2 Å². The van der Waals surface area contributed by atoms with Crippen molar-refractivity contribution >= 4 is 50.9 Å². The van der Waals surface area contributed by atoms with Gasteiger partial charge >= 0.3 is 0 Å². The summed E-state index contributed by atoms with van der Waals surface area (Å²) in [6, 6.07) is 15.1. The van der Waals surface area contributed by atoms with Crippen LogP contribution in [0.25, 0.3) is 11.1 Å². The summed E-state index contributed by atoms with van der Waals surface area (Å²) in [5.41, 5.74) is 9.29. The highest BCUT2D eigenvalue weighted by molar-refractivity contribution is 7.92. The number of nitrogen functional groups attached to an aromatic ring is 1. The molecule has 2 heterocycles. The Morgan fingerprint density at radius 2 is 1.69 bits per heavy atom. The number of aryl methyl sites for hydroxylation is 1. The summed E-state index contributed by atoms with van der Waals surface area (Å²) in [5, 5.41) is 3.73. The van der Waals surface area contributed by atoms with Crippen molar-refractivity contribution in [1.82, 2.24) is 19.9 Å². The molecule has 10 nitrogen and oxygen atoms in total. The van der Waals surface area contributed by atoms with Crippen molar-refractivity contribution in [3.63, 3.8) is 0 Å². The molecule has 2 aromatic heterocycles. The van der Waals surface area contributed by atoms with Crippen LogP contribution in [0.2, 0.25) is 5.02 Å². The number of hydrogen-bond acceptors (Lipinski definition) is 8. The normalized spacial score (nSPS) is 11.8. The fourth-order valence-electron chi connectivity index (χ4n) is 3.39. The van der Waals surface area contributed by atoms with Crippen LogP contribution in [0.1, 0.15) is 19.5 Å². The van der Waals surface area contributed by atoms with E-state index in [9.17, 15) is 8.42 Å². The van der Waals surface area contributed by atoms with E-state index in [-0.39, 0.29) is 16.8 Å². The third-order valence-corrected chi connectivity index (χ3v) is 6.61. The molecule has 0 aliphatic carbocycles. The van der Waals surface area contributed by atoms with Gasteiger partial charge in [-0.1, -0.05) is 30.7 Å². The van der Waals surface area contributed by atoms with E-state index < -0.39 is 10.0 Å². The van der Waals surface area contributed by atoms with E-state index in [1.54, 1.807) is 37.3 Å². The van der Waals surface area contributed by atoms with Crippen LogP contribution in [0.4, 0.5) is 23.4 Å². The van der Waals surface area contributed by atoms with Gasteiger partial charge in [-0.2, -0.15) is 9.98 Å². The minimum Gasteiger partial charge on any atom is -0.383 e. The zero-order valence-corrected chi connectivity index (χ0v) is 21.0. The lowest BCUT2D eigenvalue weighted by Gasteiger charge is -2.12. The Morgan fingerprint density at radius 1 is 1.03 bits per heavy atom. The Morgan fingerprint density at radius 3 is 2.33 bits per heavy atom. The molecule has 0 amide bonds. The Kier molecular flexibility index (Phi) is 7.41. The van der Waals surface area contributed by atoms with Gasteiger partial charge in [0.15, 0.2) is 0 Å². The number of amidine groups is 1. The van der Waals surface area contributed by atoms with E-state index in [1.807, 2.05) is 19.1 Å². The highest BCUT2D eigenvalue weighted by atomic mass is 35.5. The number of aromatic nitrogens is 4. The molecule has 0 radical (unpaired) electrons. The molecule has 0 unspecified atom stereocenters. The minimum absolute atomic E-state index is 0.00418. The Hall–Kier alpha value is -4.09. The second-order valence-electron chi connectivity index (χ2n) is 7.62. The average molecular weight is 523 g/mol. The predicted octanol–water partition coefficient (Wildman–Crippen LogP) is 4.69. The van der Waals surface area contributed by atoms with Gasteiger partial charge in [0.05, 0.1) is 10.6 Å². The molecule has 0 fully saturated rings. The van der Waals surface area contributed by atoms with Crippen LogP contribution in [0.15, 0.2) is 76.9 Å². The Bertz CT molecular complexity index is 1490. The summed E-state index contributed by atoms with van der Waals surface area (Å²) in [4.78, 5) is 21.2. The molecule has 0 bridgehead atoms. The van der Waals surface area contributed by atoms with Crippen LogP contribution in [0, 0.1) is 0 Å². The molecule has 2 aromatic carbocycles. The number of hydrogen-bond donors (Lipinski definition) is 3. The lowest BCUT2D eigenvalue weighted by atomic mass is 10.0. The fraction of sp³-hybridized carbons (Fsp3) is 0.125. The molecule has 0 spiro atoms. The molecule has 4 rings (SSSR count). The number of nitrogens with one attached hydrogen (secondary N) is 2. The van der Waals surface area contributed by atoms with E-state index >= 15 is 0 Å². The van der Waals surface area contributed by atoms with Crippen molar-refractivity contribution in [3.8, 4) is 11.1 Å². The first kappa shape index (κ1) is 25.0. The summed E-state index contributed by atoms with van der Waals surface area (Å²) in [6.07, 6.45) is 3.54. The van der Waals surface area contributed by atoms with Crippen molar-refractivity contribution < 1.29 is 8.42 Å². The summed E-state index contributed by atoms with van der Waals surface area (Å²) in [6.45, 7) is 3.73. The molecule has 4 aromatic rings. The van der Waals surface area contributed by atoms with E-state index in [4.69, 9.17) is 17.3 Å². The number of sulfonamides is 1. The summed E-state index contributed by atoms with van der Waals surface area (Å²) in [5.74, 6) is 1.04. The number of nitrogens with zero attached hydrogens (tertiary/aromatic N) is 5. The molecule has 184 valence electrons. The van der Waals surface area contributed by atoms with Gasteiger partial charge in [-0.25, -0.2) is 28.1 Å². The van der Waals surface area contributed by atoms with Crippen LogP contribution in [-0.4, -0.2) is 34.2 Å². The lowest BCUT2D eigenvalue weighted by Crippen LogP contribution is -2.15. The van der Waals surface area contributed by atoms with Crippen LogP contribution in [-0.2, 0) is 16.4 Å². The van der Waals surface area contributed by atoms with Gasteiger partial charge in [0.25, 0.3) is 16.0 Å². The zero-order valence-electron chi connectivity index (χ0n) is 19.5. The second kappa shape index (κ2) is 10.7. The minimum atomic E-state index is -3.82. The third kappa shape index (κ3) is 5.93.